The van der Waals surface area contributed by atoms with E-state index in [9.17, 15) is 9.59 Å². The highest BCUT2D eigenvalue weighted by molar-refractivity contribution is 8.00. The molecule has 0 aliphatic rings. The Bertz CT molecular complexity index is 448. The second-order valence-corrected chi connectivity index (χ2v) is 5.30. The zero-order chi connectivity index (χ0) is 13.7. The van der Waals surface area contributed by atoms with Crippen LogP contribution in [0.3, 0.4) is 0 Å². The predicted octanol–water partition coefficient (Wildman–Crippen LogP) is 2.34. The molecule has 1 atom stereocenters. The average Bonchev–Trinajstić information content (AvgIpc) is 2.37. The number of hydrogen-bond donors (Lipinski definition) is 1. The molecule has 0 radical (unpaired) electrons. The Morgan fingerprint density at radius 3 is 2.56 bits per heavy atom. The van der Waals surface area contributed by atoms with Gasteiger partial charge in [-0.25, -0.2) is 0 Å². The van der Waals surface area contributed by atoms with Crippen LogP contribution in [0.1, 0.15) is 24.2 Å². The Morgan fingerprint density at radius 1 is 1.39 bits per heavy atom. The Kier molecular flexibility index (Phi) is 5.22. The highest BCUT2D eigenvalue weighted by Crippen LogP contribution is 2.27. The van der Waals surface area contributed by atoms with Gasteiger partial charge in [-0.2, -0.15) is 0 Å². The standard InChI is InChI=1S/C13H17NO3S/c1-4-14(3)12(15)10-7-5-6-8-11(10)18-9(2)13(16)17/h5-9H,4H2,1-3H3,(H,16,17). The van der Waals surface area contributed by atoms with Crippen molar-refractivity contribution in [2.75, 3.05) is 13.6 Å². The van der Waals surface area contributed by atoms with Crippen LogP contribution in [-0.4, -0.2) is 40.7 Å². The summed E-state index contributed by atoms with van der Waals surface area (Å²) < 4.78 is 0. The molecule has 0 aliphatic heterocycles. The summed E-state index contributed by atoms with van der Waals surface area (Å²) in [7, 11) is 1.73. The summed E-state index contributed by atoms with van der Waals surface area (Å²) in [6.07, 6.45) is 0. The van der Waals surface area contributed by atoms with Crippen LogP contribution in [0, 0.1) is 0 Å². The maximum absolute atomic E-state index is 12.1. The van der Waals surface area contributed by atoms with Gasteiger partial charge in [-0.15, -0.1) is 11.8 Å². The molecule has 1 aromatic carbocycles. The minimum Gasteiger partial charge on any atom is -0.480 e. The molecule has 0 fully saturated rings. The van der Waals surface area contributed by atoms with E-state index in [4.69, 9.17) is 5.11 Å². The van der Waals surface area contributed by atoms with Crippen molar-refractivity contribution in [3.05, 3.63) is 29.8 Å². The molecule has 1 aromatic rings. The lowest BCUT2D eigenvalue weighted by atomic mass is 10.2. The number of nitrogens with zero attached hydrogens (tertiary/aromatic N) is 1. The van der Waals surface area contributed by atoms with Crippen molar-refractivity contribution in [3.8, 4) is 0 Å². The Hall–Kier alpha value is -1.49. The number of benzene rings is 1. The van der Waals surface area contributed by atoms with E-state index in [1.807, 2.05) is 6.92 Å². The van der Waals surface area contributed by atoms with Gasteiger partial charge in [0.15, 0.2) is 0 Å². The van der Waals surface area contributed by atoms with E-state index in [1.165, 1.54) is 11.8 Å². The number of carbonyl (C=O) groups is 2. The third-order valence-corrected chi connectivity index (χ3v) is 3.76. The fourth-order valence-corrected chi connectivity index (χ4v) is 2.26. The van der Waals surface area contributed by atoms with Gasteiger partial charge in [0.25, 0.3) is 5.91 Å². The van der Waals surface area contributed by atoms with E-state index in [0.29, 0.717) is 17.0 Å². The minimum atomic E-state index is -0.883. The lowest BCUT2D eigenvalue weighted by Crippen LogP contribution is -2.26. The first-order valence-electron chi connectivity index (χ1n) is 5.71. The monoisotopic (exact) mass is 267 g/mol. The number of hydrogen-bond acceptors (Lipinski definition) is 3. The van der Waals surface area contributed by atoms with Crippen molar-refractivity contribution < 1.29 is 14.7 Å². The molecule has 0 aromatic heterocycles. The number of aliphatic carboxylic acids is 1. The summed E-state index contributed by atoms with van der Waals surface area (Å²) in [6.45, 7) is 4.12. The SMILES string of the molecule is CCN(C)C(=O)c1ccccc1SC(C)C(=O)O. The molecule has 0 bridgehead atoms. The summed E-state index contributed by atoms with van der Waals surface area (Å²) in [6, 6.07) is 7.10. The first-order valence-corrected chi connectivity index (χ1v) is 6.59. The molecule has 0 saturated carbocycles. The average molecular weight is 267 g/mol. The van der Waals surface area contributed by atoms with Gasteiger partial charge in [0.2, 0.25) is 0 Å². The van der Waals surface area contributed by atoms with Crippen molar-refractivity contribution in [2.45, 2.75) is 24.0 Å². The van der Waals surface area contributed by atoms with Gasteiger partial charge in [0, 0.05) is 18.5 Å². The molecule has 4 nitrogen and oxygen atoms in total. The molecule has 5 heteroatoms. The van der Waals surface area contributed by atoms with Crippen molar-refractivity contribution in [3.63, 3.8) is 0 Å². The van der Waals surface area contributed by atoms with Gasteiger partial charge in [0.1, 0.15) is 5.25 Å². The maximum Gasteiger partial charge on any atom is 0.316 e. The zero-order valence-corrected chi connectivity index (χ0v) is 11.5. The van der Waals surface area contributed by atoms with Crippen LogP contribution in [0.4, 0.5) is 0 Å². The number of amides is 1. The normalized spacial score (nSPS) is 11.9. The largest absolute Gasteiger partial charge is 0.480 e. The predicted molar refractivity (Wildman–Crippen MR) is 72.0 cm³/mol. The number of thioether (sulfide) groups is 1. The van der Waals surface area contributed by atoms with Crippen molar-refractivity contribution in [2.24, 2.45) is 0 Å². The summed E-state index contributed by atoms with van der Waals surface area (Å²) in [5.74, 6) is -0.968. The number of carboxylic acid groups (broad SMARTS) is 1. The van der Waals surface area contributed by atoms with Gasteiger partial charge in [-0.1, -0.05) is 12.1 Å². The van der Waals surface area contributed by atoms with E-state index < -0.39 is 11.2 Å². The van der Waals surface area contributed by atoms with E-state index >= 15 is 0 Å². The Balaban J connectivity index is 2.99. The van der Waals surface area contributed by atoms with Crippen LogP contribution in [-0.2, 0) is 4.79 Å². The van der Waals surface area contributed by atoms with Crippen LogP contribution in [0.15, 0.2) is 29.2 Å². The zero-order valence-electron chi connectivity index (χ0n) is 10.7. The van der Waals surface area contributed by atoms with Crippen molar-refractivity contribution in [1.29, 1.82) is 0 Å². The fraction of sp³-hybridized carbons (Fsp3) is 0.385. The molecule has 0 spiro atoms. The van der Waals surface area contributed by atoms with Gasteiger partial charge in [-0.3, -0.25) is 9.59 Å². The maximum atomic E-state index is 12.1. The third kappa shape index (κ3) is 3.50. The lowest BCUT2D eigenvalue weighted by molar-refractivity contribution is -0.136. The lowest BCUT2D eigenvalue weighted by Gasteiger charge is -2.17. The van der Waals surface area contributed by atoms with E-state index in [-0.39, 0.29) is 5.91 Å². The van der Waals surface area contributed by atoms with Crippen LogP contribution < -0.4 is 0 Å². The molecule has 1 amide bonds. The summed E-state index contributed by atoms with van der Waals surface area (Å²) in [4.78, 5) is 25.3. The first-order chi connectivity index (χ1) is 8.47. The molecule has 18 heavy (non-hydrogen) atoms. The quantitative estimate of drug-likeness (QED) is 0.832. The van der Waals surface area contributed by atoms with Crippen molar-refractivity contribution in [1.82, 2.24) is 4.90 Å². The third-order valence-electron chi connectivity index (χ3n) is 2.59. The molecule has 1 N–H and O–H groups in total. The van der Waals surface area contributed by atoms with Gasteiger partial charge >= 0.3 is 5.97 Å². The molecule has 98 valence electrons. The van der Waals surface area contributed by atoms with Crippen molar-refractivity contribution >= 4 is 23.6 Å². The van der Waals surface area contributed by atoms with Crippen LogP contribution >= 0.6 is 11.8 Å². The molecule has 1 unspecified atom stereocenters. The van der Waals surface area contributed by atoms with E-state index in [2.05, 4.69) is 0 Å². The summed E-state index contributed by atoms with van der Waals surface area (Å²) >= 11 is 1.19. The summed E-state index contributed by atoms with van der Waals surface area (Å²) in [5.41, 5.74) is 0.556. The fourth-order valence-electron chi connectivity index (χ4n) is 1.34. The Morgan fingerprint density at radius 2 is 2.00 bits per heavy atom. The minimum absolute atomic E-state index is 0.0850. The topological polar surface area (TPSA) is 57.6 Å². The number of rotatable bonds is 5. The molecular weight excluding hydrogens is 250 g/mol. The molecule has 0 saturated heterocycles. The smallest absolute Gasteiger partial charge is 0.316 e. The number of carboxylic acids is 1. The second-order valence-electron chi connectivity index (χ2n) is 3.91. The van der Waals surface area contributed by atoms with Gasteiger partial charge < -0.3 is 10.0 Å². The molecular formula is C13H17NO3S. The van der Waals surface area contributed by atoms with Crippen LogP contribution in [0.2, 0.25) is 0 Å². The highest BCUT2D eigenvalue weighted by Gasteiger charge is 2.19. The van der Waals surface area contributed by atoms with E-state index in [1.54, 1.807) is 43.1 Å². The molecule has 0 aliphatic carbocycles. The second kappa shape index (κ2) is 6.44. The van der Waals surface area contributed by atoms with E-state index in [0.717, 1.165) is 0 Å². The highest BCUT2D eigenvalue weighted by atomic mass is 32.2. The van der Waals surface area contributed by atoms with Crippen LogP contribution in [0.5, 0.6) is 0 Å². The first kappa shape index (κ1) is 14.6. The molecule has 1 rings (SSSR count). The van der Waals surface area contributed by atoms with Gasteiger partial charge in [-0.05, 0) is 26.0 Å². The summed E-state index contributed by atoms with van der Waals surface area (Å²) in [5, 5.41) is 8.33. The number of carbonyl (C=O) groups excluding carboxylic acids is 1. The molecule has 0 heterocycles. The Labute approximate surface area is 111 Å². The van der Waals surface area contributed by atoms with Crippen LogP contribution in [0.25, 0.3) is 0 Å². The van der Waals surface area contributed by atoms with Gasteiger partial charge in [0.05, 0.1) is 5.56 Å².